The molecule has 43 heavy (non-hydrogen) atoms. The fourth-order valence-corrected chi connectivity index (χ4v) is 4.57. The summed E-state index contributed by atoms with van der Waals surface area (Å²) >= 11 is 0. The number of amides is 1. The van der Waals surface area contributed by atoms with E-state index >= 15 is 0 Å². The third kappa shape index (κ3) is 7.36. The van der Waals surface area contributed by atoms with E-state index in [0.717, 1.165) is 17.1 Å². The molecular weight excluding hydrogens is 562 g/mol. The van der Waals surface area contributed by atoms with Crippen molar-refractivity contribution in [3.8, 4) is 23.0 Å². The Hall–Kier alpha value is -5.20. The van der Waals surface area contributed by atoms with Gasteiger partial charge in [-0.15, -0.1) is 0 Å². The van der Waals surface area contributed by atoms with Gasteiger partial charge in [-0.3, -0.25) is 9.59 Å². The van der Waals surface area contributed by atoms with E-state index < -0.39 is 18.6 Å². The molecule has 0 aliphatic heterocycles. The number of carbonyl (C=O) groups is 2. The number of carbonyl (C=O) groups excluding carboxylic acids is 2. The molecule has 2 N–H and O–H groups in total. The molecule has 13 heteroatoms. The van der Waals surface area contributed by atoms with Crippen molar-refractivity contribution in [3.63, 3.8) is 0 Å². The number of para-hydroxylation sites is 1. The van der Waals surface area contributed by atoms with E-state index in [2.05, 4.69) is 35.0 Å². The number of Topliss-reactive ketones (excluding diaryl/α,β-unsaturated/α-hetero) is 1. The number of alkyl halides is 2. The van der Waals surface area contributed by atoms with Crippen LogP contribution in [0.3, 0.4) is 0 Å². The van der Waals surface area contributed by atoms with Crippen molar-refractivity contribution in [2.75, 3.05) is 7.11 Å². The summed E-state index contributed by atoms with van der Waals surface area (Å²) in [5, 5.41) is 3.88. The first-order chi connectivity index (χ1) is 20.9. The maximum Gasteiger partial charge on any atom is 0.388 e. The Bertz CT molecular complexity index is 1670. The molecule has 0 spiro atoms. The molecule has 0 saturated carbocycles. The molecule has 1 unspecified atom stereocenters. The monoisotopic (exact) mass is 590 g/mol. The molecule has 0 fully saturated rings. The molecule has 0 bridgehead atoms. The molecule has 5 rings (SSSR count). The highest BCUT2D eigenvalue weighted by molar-refractivity contribution is 5.94. The number of H-pyrrole nitrogens is 1. The van der Waals surface area contributed by atoms with Crippen molar-refractivity contribution in [1.82, 2.24) is 30.2 Å². The molecule has 11 nitrogen and oxygen atoms in total. The lowest BCUT2D eigenvalue weighted by atomic mass is 10.0. The molecule has 5 aromatic rings. The second-order valence-corrected chi connectivity index (χ2v) is 9.57. The van der Waals surface area contributed by atoms with Gasteiger partial charge in [0.1, 0.15) is 12.1 Å². The van der Waals surface area contributed by atoms with E-state index in [9.17, 15) is 18.4 Å². The first-order valence-corrected chi connectivity index (χ1v) is 13.5. The van der Waals surface area contributed by atoms with Gasteiger partial charge in [-0.25, -0.2) is 19.9 Å². The third-order valence-corrected chi connectivity index (χ3v) is 6.68. The number of nitrogens with one attached hydrogen (secondary N) is 2. The number of fused-ring (bicyclic) bond motifs is 1. The van der Waals surface area contributed by atoms with Gasteiger partial charge in [0.2, 0.25) is 17.5 Å². The number of rotatable bonds is 14. The minimum Gasteiger partial charge on any atom is -0.480 e. The number of hydrogen-bond donors (Lipinski definition) is 2. The highest BCUT2D eigenvalue weighted by Gasteiger charge is 2.21. The summed E-state index contributed by atoms with van der Waals surface area (Å²) in [5.74, 6) is 0.0715. The summed E-state index contributed by atoms with van der Waals surface area (Å²) in [6, 6.07) is 11.6. The summed E-state index contributed by atoms with van der Waals surface area (Å²) in [7, 11) is 1.54. The number of hydrogen-bond acceptors (Lipinski definition) is 9. The molecule has 1 aromatic carbocycles. The molecule has 222 valence electrons. The van der Waals surface area contributed by atoms with Crippen LogP contribution in [0, 0.1) is 0 Å². The van der Waals surface area contributed by atoms with Gasteiger partial charge in [-0.05, 0) is 31.0 Å². The van der Waals surface area contributed by atoms with Gasteiger partial charge in [0, 0.05) is 24.1 Å². The first kappa shape index (κ1) is 29.3. The van der Waals surface area contributed by atoms with Crippen LogP contribution in [-0.2, 0) is 0 Å². The van der Waals surface area contributed by atoms with Gasteiger partial charge in [0.25, 0.3) is 11.8 Å². The summed E-state index contributed by atoms with van der Waals surface area (Å²) < 4.78 is 39.8. The highest BCUT2D eigenvalue weighted by Crippen LogP contribution is 2.32. The number of benzene rings is 1. The summed E-state index contributed by atoms with van der Waals surface area (Å²) in [5.41, 5.74) is 2.30. The van der Waals surface area contributed by atoms with Gasteiger partial charge < -0.3 is 24.2 Å². The Labute approximate surface area is 244 Å². The topological polar surface area (TPSA) is 145 Å². The summed E-state index contributed by atoms with van der Waals surface area (Å²) in [4.78, 5) is 45.4. The van der Waals surface area contributed by atoms with Gasteiger partial charge in [-0.1, -0.05) is 31.0 Å². The van der Waals surface area contributed by atoms with Crippen LogP contribution in [0.5, 0.6) is 11.8 Å². The van der Waals surface area contributed by atoms with Crippen molar-refractivity contribution < 1.29 is 32.3 Å². The van der Waals surface area contributed by atoms with Crippen LogP contribution in [0.15, 0.2) is 71.7 Å². The molecule has 0 aliphatic rings. The number of halogens is 2. The maximum absolute atomic E-state index is 13.1. The summed E-state index contributed by atoms with van der Waals surface area (Å²) in [6.45, 7) is -3.02. The lowest BCUT2D eigenvalue weighted by molar-refractivity contribution is -0.0528. The fourth-order valence-electron chi connectivity index (χ4n) is 4.57. The predicted molar refractivity (Wildman–Crippen MR) is 151 cm³/mol. The van der Waals surface area contributed by atoms with Crippen molar-refractivity contribution in [1.29, 1.82) is 0 Å². The zero-order chi connectivity index (χ0) is 30.2. The predicted octanol–water partition coefficient (Wildman–Crippen LogP) is 5.92. The largest absolute Gasteiger partial charge is 0.480 e. The molecule has 1 amide bonds. The number of imidazole rings is 1. The molecule has 4 heterocycles. The normalized spacial score (nSPS) is 11.9. The van der Waals surface area contributed by atoms with Crippen LogP contribution >= 0.6 is 0 Å². The van der Waals surface area contributed by atoms with Crippen LogP contribution < -0.4 is 14.8 Å². The van der Waals surface area contributed by atoms with Gasteiger partial charge >= 0.3 is 6.61 Å². The zero-order valence-corrected chi connectivity index (χ0v) is 23.1. The standard InChI is InChI=1S/C30H28F2N6O5/c1-41-28-20(15-18-7-5-6-8-21(18)38-28)23-17-35-26(36-23)22(9-3-2-4-10-24(39)29-33-13-14-42-29)37-27(40)19-11-12-25(34-16-19)43-30(31)32/h5-8,11-17,22,30H,2-4,9-10H2,1H3,(H,35,36)(H,37,40). The zero-order valence-electron chi connectivity index (χ0n) is 23.1. The Kier molecular flexibility index (Phi) is 9.29. The lowest BCUT2D eigenvalue weighted by Gasteiger charge is -2.17. The molecule has 0 aliphatic carbocycles. The SMILES string of the molecule is COc1nc2ccccc2cc1-c1cnc(C(CCCCCC(=O)c2ncco2)NC(=O)c2ccc(OC(F)F)nc2)[nH]1. The lowest BCUT2D eigenvalue weighted by Crippen LogP contribution is -2.29. The van der Waals surface area contributed by atoms with Gasteiger partial charge in [0.05, 0.1) is 47.9 Å². The van der Waals surface area contributed by atoms with E-state index in [4.69, 9.17) is 9.15 Å². The number of aromatic nitrogens is 5. The molecule has 0 saturated heterocycles. The number of oxazole rings is 1. The molecule has 4 aromatic heterocycles. The number of nitrogens with zero attached hydrogens (tertiary/aromatic N) is 4. The Morgan fingerprint density at radius 3 is 2.65 bits per heavy atom. The van der Waals surface area contributed by atoms with E-state index in [1.807, 2.05) is 30.3 Å². The maximum atomic E-state index is 13.1. The Morgan fingerprint density at radius 2 is 1.91 bits per heavy atom. The van der Waals surface area contributed by atoms with Gasteiger partial charge in [0.15, 0.2) is 0 Å². The Balaban J connectivity index is 1.32. The highest BCUT2D eigenvalue weighted by atomic mass is 19.3. The van der Waals surface area contributed by atoms with E-state index in [1.54, 1.807) is 13.3 Å². The smallest absolute Gasteiger partial charge is 0.388 e. The van der Waals surface area contributed by atoms with Crippen molar-refractivity contribution >= 4 is 22.6 Å². The number of ether oxygens (including phenoxy) is 2. The number of aromatic amines is 1. The molecule has 1 atom stereocenters. The molecular formula is C30H28F2N6O5. The first-order valence-electron chi connectivity index (χ1n) is 13.5. The van der Waals surface area contributed by atoms with Crippen LogP contribution in [0.1, 0.15) is 65.0 Å². The number of unbranched alkanes of at least 4 members (excludes halogenated alkanes) is 2. The van der Waals surface area contributed by atoms with Crippen molar-refractivity contribution in [2.45, 2.75) is 44.8 Å². The van der Waals surface area contributed by atoms with Gasteiger partial charge in [-0.2, -0.15) is 8.78 Å². The number of ketones is 1. The minimum absolute atomic E-state index is 0.0884. The third-order valence-electron chi connectivity index (χ3n) is 6.68. The van der Waals surface area contributed by atoms with Crippen LogP contribution in [0.25, 0.3) is 22.2 Å². The summed E-state index contributed by atoms with van der Waals surface area (Å²) in [6.07, 6.45) is 8.37. The average Bonchev–Trinajstić information content (AvgIpc) is 3.73. The van der Waals surface area contributed by atoms with E-state index in [0.29, 0.717) is 48.6 Å². The quantitative estimate of drug-likeness (QED) is 0.119. The van der Waals surface area contributed by atoms with Crippen LogP contribution in [-0.4, -0.2) is 50.3 Å². The number of pyridine rings is 2. The van der Waals surface area contributed by atoms with Crippen molar-refractivity contribution in [3.05, 3.63) is 84.6 Å². The average molecular weight is 591 g/mol. The van der Waals surface area contributed by atoms with E-state index in [1.165, 1.54) is 24.6 Å². The fraction of sp³-hybridized carbons (Fsp3) is 0.267. The van der Waals surface area contributed by atoms with Crippen LogP contribution in [0.4, 0.5) is 8.78 Å². The second kappa shape index (κ2) is 13.6. The second-order valence-electron chi connectivity index (χ2n) is 9.57. The minimum atomic E-state index is -3.02. The Morgan fingerprint density at radius 1 is 1.05 bits per heavy atom. The van der Waals surface area contributed by atoms with Crippen LogP contribution in [0.2, 0.25) is 0 Å². The number of methoxy groups -OCH3 is 1. The van der Waals surface area contributed by atoms with Crippen molar-refractivity contribution in [2.24, 2.45) is 0 Å². The van der Waals surface area contributed by atoms with E-state index in [-0.39, 0.29) is 29.5 Å². The molecule has 0 radical (unpaired) electrons.